The van der Waals surface area contributed by atoms with Crippen LogP contribution in [0.25, 0.3) is 0 Å². The van der Waals surface area contributed by atoms with Gasteiger partial charge in [0.15, 0.2) is 0 Å². The van der Waals surface area contributed by atoms with Crippen molar-refractivity contribution >= 4 is 17.6 Å². The van der Waals surface area contributed by atoms with E-state index >= 15 is 0 Å². The monoisotopic (exact) mass is 336 g/mol. The fraction of sp³-hybridized carbons (Fsp3) is 0.316. The molecule has 0 unspecified atom stereocenters. The highest BCUT2D eigenvalue weighted by molar-refractivity contribution is 5.98. The van der Waals surface area contributed by atoms with Crippen LogP contribution in [0.15, 0.2) is 48.8 Å². The second kappa shape index (κ2) is 6.55. The summed E-state index contributed by atoms with van der Waals surface area (Å²) in [5, 5.41) is 2.79. The third-order valence-electron chi connectivity index (χ3n) is 4.59. The van der Waals surface area contributed by atoms with Crippen molar-refractivity contribution in [2.24, 2.45) is 0 Å². The highest BCUT2D eigenvalue weighted by Crippen LogP contribution is 2.30. The van der Waals surface area contributed by atoms with Crippen molar-refractivity contribution in [1.29, 1.82) is 0 Å². The minimum absolute atomic E-state index is 0.00723. The Balaban J connectivity index is 1.57. The number of amides is 3. The van der Waals surface area contributed by atoms with Crippen LogP contribution in [-0.4, -0.2) is 41.0 Å². The number of carbonyl (C=O) groups is 2. The Morgan fingerprint density at radius 3 is 2.84 bits per heavy atom. The molecule has 3 amide bonds. The summed E-state index contributed by atoms with van der Waals surface area (Å²) in [7, 11) is 0. The van der Waals surface area contributed by atoms with Crippen LogP contribution in [0.5, 0.6) is 0 Å². The lowest BCUT2D eigenvalue weighted by Crippen LogP contribution is -2.33. The number of benzene rings is 1. The molecule has 1 saturated heterocycles. The first-order chi connectivity index (χ1) is 12.2. The van der Waals surface area contributed by atoms with Crippen molar-refractivity contribution < 1.29 is 9.59 Å². The largest absolute Gasteiger partial charge is 0.336 e. The van der Waals surface area contributed by atoms with Gasteiger partial charge < -0.3 is 10.2 Å². The summed E-state index contributed by atoms with van der Waals surface area (Å²) >= 11 is 0. The first-order valence-electron chi connectivity index (χ1n) is 8.58. The fourth-order valence-electron chi connectivity index (χ4n) is 3.13. The molecule has 2 aliphatic rings. The van der Waals surface area contributed by atoms with Gasteiger partial charge in [-0.2, -0.15) is 0 Å². The second-order valence-electron chi connectivity index (χ2n) is 6.46. The molecular weight excluding hydrogens is 316 g/mol. The number of hydrogen-bond acceptors (Lipinski definition) is 3. The highest BCUT2D eigenvalue weighted by Gasteiger charge is 2.33. The van der Waals surface area contributed by atoms with Crippen molar-refractivity contribution in [3.05, 3.63) is 59.9 Å². The van der Waals surface area contributed by atoms with E-state index in [-0.39, 0.29) is 11.9 Å². The summed E-state index contributed by atoms with van der Waals surface area (Å²) in [5.74, 6) is 0.00723. The number of nitrogens with zero attached hydrogens (tertiary/aromatic N) is 3. The van der Waals surface area contributed by atoms with Crippen LogP contribution >= 0.6 is 0 Å². The quantitative estimate of drug-likeness (QED) is 0.912. The van der Waals surface area contributed by atoms with Gasteiger partial charge in [-0.1, -0.05) is 12.1 Å². The molecule has 1 N–H and O–H groups in total. The number of pyridine rings is 1. The Hall–Kier alpha value is -2.89. The summed E-state index contributed by atoms with van der Waals surface area (Å²) in [6.45, 7) is 1.82. The van der Waals surface area contributed by atoms with Crippen LogP contribution in [0.1, 0.15) is 28.8 Å². The van der Waals surface area contributed by atoms with Crippen molar-refractivity contribution in [1.82, 2.24) is 15.2 Å². The van der Waals surface area contributed by atoms with Crippen LogP contribution < -0.4 is 10.2 Å². The minimum atomic E-state index is -0.112. The van der Waals surface area contributed by atoms with Gasteiger partial charge in [0, 0.05) is 49.3 Å². The van der Waals surface area contributed by atoms with Crippen LogP contribution in [0.2, 0.25) is 0 Å². The van der Waals surface area contributed by atoms with Crippen LogP contribution in [0.4, 0.5) is 10.5 Å². The Labute approximate surface area is 146 Å². The van der Waals surface area contributed by atoms with E-state index in [4.69, 9.17) is 0 Å². The molecule has 0 atom stereocenters. The third kappa shape index (κ3) is 3.33. The average molecular weight is 336 g/mol. The molecule has 128 valence electrons. The zero-order valence-electron chi connectivity index (χ0n) is 13.9. The van der Waals surface area contributed by atoms with Crippen LogP contribution in [-0.2, 0) is 6.54 Å². The summed E-state index contributed by atoms with van der Waals surface area (Å²) < 4.78 is 0. The minimum Gasteiger partial charge on any atom is -0.336 e. The van der Waals surface area contributed by atoms with Gasteiger partial charge in [-0.15, -0.1) is 0 Å². The van der Waals surface area contributed by atoms with Gasteiger partial charge in [-0.25, -0.2) is 4.79 Å². The smallest absolute Gasteiger partial charge is 0.321 e. The number of nitrogens with one attached hydrogen (secondary N) is 1. The maximum absolute atomic E-state index is 13.1. The van der Waals surface area contributed by atoms with E-state index in [9.17, 15) is 9.59 Å². The lowest BCUT2D eigenvalue weighted by Gasteiger charge is -2.23. The first-order valence-corrected chi connectivity index (χ1v) is 8.58. The fourth-order valence-corrected chi connectivity index (χ4v) is 3.13. The predicted octanol–water partition coefficient (Wildman–Crippen LogP) is 2.42. The van der Waals surface area contributed by atoms with Gasteiger partial charge in [-0.05, 0) is 42.7 Å². The molecule has 2 fully saturated rings. The average Bonchev–Trinajstić information content (AvgIpc) is 3.40. The molecular formula is C19H20N4O2. The molecule has 0 spiro atoms. The van der Waals surface area contributed by atoms with Crippen molar-refractivity contribution in [3.8, 4) is 0 Å². The summed E-state index contributed by atoms with van der Waals surface area (Å²) in [6, 6.07) is 11.4. The van der Waals surface area contributed by atoms with Gasteiger partial charge in [0.2, 0.25) is 0 Å². The van der Waals surface area contributed by atoms with E-state index in [2.05, 4.69) is 10.3 Å². The molecule has 4 rings (SSSR count). The Bertz CT molecular complexity index is 789. The molecule has 0 radical (unpaired) electrons. The molecule has 1 aliphatic heterocycles. The lowest BCUT2D eigenvalue weighted by atomic mass is 10.1. The Kier molecular flexibility index (Phi) is 4.09. The molecule has 25 heavy (non-hydrogen) atoms. The van der Waals surface area contributed by atoms with E-state index in [0.717, 1.165) is 24.1 Å². The molecule has 2 heterocycles. The van der Waals surface area contributed by atoms with E-state index in [0.29, 0.717) is 31.2 Å². The Morgan fingerprint density at radius 1 is 1.28 bits per heavy atom. The van der Waals surface area contributed by atoms with E-state index < -0.39 is 0 Å². The van der Waals surface area contributed by atoms with Crippen molar-refractivity contribution in [2.45, 2.75) is 25.4 Å². The normalized spacial score (nSPS) is 16.6. The lowest BCUT2D eigenvalue weighted by molar-refractivity contribution is 0.0729. The number of urea groups is 1. The van der Waals surface area contributed by atoms with Gasteiger partial charge >= 0.3 is 6.03 Å². The molecule has 6 heteroatoms. The van der Waals surface area contributed by atoms with Crippen molar-refractivity contribution in [2.75, 3.05) is 18.0 Å². The Morgan fingerprint density at radius 2 is 2.16 bits per heavy atom. The van der Waals surface area contributed by atoms with Crippen LogP contribution in [0, 0.1) is 0 Å². The van der Waals surface area contributed by atoms with Gasteiger partial charge in [0.05, 0.1) is 0 Å². The summed E-state index contributed by atoms with van der Waals surface area (Å²) in [4.78, 5) is 32.6. The third-order valence-corrected chi connectivity index (χ3v) is 4.59. The second-order valence-corrected chi connectivity index (χ2v) is 6.46. The predicted molar refractivity (Wildman–Crippen MR) is 94.3 cm³/mol. The maximum Gasteiger partial charge on any atom is 0.321 e. The summed E-state index contributed by atoms with van der Waals surface area (Å²) in [5.41, 5.74) is 2.41. The van der Waals surface area contributed by atoms with Gasteiger partial charge in [0.1, 0.15) is 0 Å². The van der Waals surface area contributed by atoms with E-state index in [1.165, 1.54) is 0 Å². The molecule has 0 bridgehead atoms. The van der Waals surface area contributed by atoms with Crippen molar-refractivity contribution in [3.63, 3.8) is 0 Å². The van der Waals surface area contributed by atoms with Gasteiger partial charge in [0.25, 0.3) is 5.91 Å². The standard InChI is InChI=1S/C19H20N4O2/c24-18(23(16-6-7-16)13-14-3-2-8-20-12-14)15-4-1-5-17(11-15)22-10-9-21-19(22)25/h1-5,8,11-12,16H,6-7,9-10,13H2,(H,21,25). The number of rotatable bonds is 5. The molecule has 1 aromatic heterocycles. The maximum atomic E-state index is 13.1. The number of aromatic nitrogens is 1. The topological polar surface area (TPSA) is 65.5 Å². The molecule has 2 aromatic rings. The van der Waals surface area contributed by atoms with E-state index in [1.807, 2.05) is 41.3 Å². The highest BCUT2D eigenvalue weighted by atomic mass is 16.2. The number of anilines is 1. The zero-order chi connectivity index (χ0) is 17.2. The molecule has 1 saturated carbocycles. The zero-order valence-corrected chi connectivity index (χ0v) is 13.9. The molecule has 6 nitrogen and oxygen atoms in total. The summed E-state index contributed by atoms with van der Waals surface area (Å²) in [6.07, 6.45) is 5.62. The molecule has 1 aliphatic carbocycles. The van der Waals surface area contributed by atoms with E-state index in [1.54, 1.807) is 17.3 Å². The number of hydrogen-bond donors (Lipinski definition) is 1. The number of carbonyl (C=O) groups excluding carboxylic acids is 2. The van der Waals surface area contributed by atoms with Crippen LogP contribution in [0.3, 0.4) is 0 Å². The molecule has 1 aromatic carbocycles. The first kappa shape index (κ1) is 15.6. The van der Waals surface area contributed by atoms with Gasteiger partial charge in [-0.3, -0.25) is 14.7 Å². The SMILES string of the molecule is O=C1NCCN1c1cccc(C(=O)N(Cc2cccnc2)C2CC2)c1.